The van der Waals surface area contributed by atoms with Crippen LogP contribution in [0, 0.1) is 11.8 Å². The molecule has 5 heteroatoms. The highest BCUT2D eigenvalue weighted by Crippen LogP contribution is 2.26. The van der Waals surface area contributed by atoms with E-state index in [0.29, 0.717) is 18.4 Å². The lowest BCUT2D eigenvalue weighted by molar-refractivity contribution is 0.165. The van der Waals surface area contributed by atoms with Gasteiger partial charge in [0.2, 0.25) is 0 Å². The summed E-state index contributed by atoms with van der Waals surface area (Å²) in [5.74, 6) is 3.13. The van der Waals surface area contributed by atoms with Gasteiger partial charge in [-0.3, -0.25) is 4.90 Å². The fraction of sp³-hybridized carbons (Fsp3) is 0.800. The van der Waals surface area contributed by atoms with Crippen molar-refractivity contribution in [3.8, 4) is 0 Å². The molecule has 3 rings (SSSR count). The molecule has 25 heavy (non-hydrogen) atoms. The first kappa shape index (κ1) is 18.9. The Morgan fingerprint density at radius 1 is 1.04 bits per heavy atom. The Bertz CT molecular complexity index is 519. The maximum Gasteiger partial charge on any atom is 0.118 e. The monoisotopic (exact) mass is 349 g/mol. The molecular weight excluding hydrogens is 314 g/mol. The fourth-order valence-corrected chi connectivity index (χ4v) is 4.30. The summed E-state index contributed by atoms with van der Waals surface area (Å²) in [6.07, 6.45) is 3.39. The van der Waals surface area contributed by atoms with Crippen molar-refractivity contribution >= 4 is 0 Å². The van der Waals surface area contributed by atoms with Crippen LogP contribution in [0.25, 0.3) is 0 Å². The van der Waals surface area contributed by atoms with E-state index in [1.165, 1.54) is 19.5 Å². The summed E-state index contributed by atoms with van der Waals surface area (Å²) in [7, 11) is 2.22. The van der Waals surface area contributed by atoms with Crippen LogP contribution in [0.15, 0.2) is 16.5 Å². The van der Waals surface area contributed by atoms with Gasteiger partial charge < -0.3 is 19.3 Å². The van der Waals surface area contributed by atoms with E-state index >= 15 is 0 Å². The highest BCUT2D eigenvalue weighted by atomic mass is 16.3. The van der Waals surface area contributed by atoms with Crippen molar-refractivity contribution in [3.63, 3.8) is 0 Å². The van der Waals surface area contributed by atoms with Crippen LogP contribution in [-0.4, -0.2) is 79.3 Å². The van der Waals surface area contributed by atoms with Gasteiger partial charge in [-0.25, -0.2) is 0 Å². The van der Waals surface area contributed by atoms with E-state index in [-0.39, 0.29) is 0 Å². The van der Waals surface area contributed by atoms with Crippen LogP contribution >= 0.6 is 0 Å². The highest BCUT2D eigenvalue weighted by molar-refractivity contribution is 5.07. The normalized spacial score (nSPS) is 27.0. The first-order valence-corrected chi connectivity index (χ1v) is 9.99. The molecule has 1 aromatic rings. The van der Waals surface area contributed by atoms with Crippen molar-refractivity contribution in [1.29, 1.82) is 0 Å². The van der Waals surface area contributed by atoms with Gasteiger partial charge in [-0.15, -0.1) is 0 Å². The van der Waals surface area contributed by atoms with Crippen LogP contribution in [0.1, 0.15) is 31.3 Å². The molecule has 142 valence electrons. The molecule has 0 unspecified atom stereocenters. The van der Waals surface area contributed by atoms with Gasteiger partial charge in [0.1, 0.15) is 11.5 Å². The standard InChI is InChI=1S/C20H35N3O2/c1-3-5-19-6-7-20(25-19)15-23-13-17(18(14-23)16-24)12-22-9-4-8-21(2)10-11-22/h6-7,17-18,24H,3-5,8-16H2,1-2H3/t17-,18-/m1/s1. The minimum atomic E-state index is 0.300. The number of likely N-dealkylation sites (tertiary alicyclic amines) is 1. The minimum absolute atomic E-state index is 0.300. The van der Waals surface area contributed by atoms with Crippen LogP contribution in [0.5, 0.6) is 0 Å². The molecule has 0 aromatic carbocycles. The second-order valence-electron chi connectivity index (χ2n) is 7.97. The summed E-state index contributed by atoms with van der Waals surface area (Å²) >= 11 is 0. The average Bonchev–Trinajstić information content (AvgIpc) is 3.13. The number of aryl methyl sites for hydroxylation is 1. The first-order chi connectivity index (χ1) is 12.2. The third-order valence-corrected chi connectivity index (χ3v) is 5.78. The second-order valence-corrected chi connectivity index (χ2v) is 7.97. The topological polar surface area (TPSA) is 43.1 Å². The van der Waals surface area contributed by atoms with E-state index in [4.69, 9.17) is 4.42 Å². The van der Waals surface area contributed by atoms with E-state index in [0.717, 1.165) is 63.6 Å². The average molecular weight is 350 g/mol. The summed E-state index contributed by atoms with van der Waals surface area (Å²) in [5, 5.41) is 9.84. The molecule has 0 bridgehead atoms. The van der Waals surface area contributed by atoms with Gasteiger partial charge in [-0.2, -0.15) is 0 Å². The second kappa shape index (κ2) is 9.17. The van der Waals surface area contributed by atoms with Crippen LogP contribution < -0.4 is 0 Å². The zero-order valence-electron chi connectivity index (χ0n) is 16.0. The highest BCUT2D eigenvalue weighted by Gasteiger charge is 2.33. The molecule has 0 radical (unpaired) electrons. The molecule has 0 spiro atoms. The van der Waals surface area contributed by atoms with Crippen LogP contribution in [0.2, 0.25) is 0 Å². The summed E-state index contributed by atoms with van der Waals surface area (Å²) in [4.78, 5) is 7.49. The molecule has 2 fully saturated rings. The molecule has 2 saturated heterocycles. The molecule has 0 saturated carbocycles. The first-order valence-electron chi connectivity index (χ1n) is 9.99. The Balaban J connectivity index is 1.52. The Hall–Kier alpha value is -0.880. The third-order valence-electron chi connectivity index (χ3n) is 5.78. The Morgan fingerprint density at radius 3 is 2.64 bits per heavy atom. The number of hydrogen-bond donors (Lipinski definition) is 1. The van der Waals surface area contributed by atoms with E-state index in [2.05, 4.69) is 40.8 Å². The molecular formula is C20H35N3O2. The van der Waals surface area contributed by atoms with Crippen molar-refractivity contribution in [2.75, 3.05) is 59.5 Å². The van der Waals surface area contributed by atoms with Crippen LogP contribution in [0.4, 0.5) is 0 Å². The number of furan rings is 1. The Labute approximate surface area is 152 Å². The Morgan fingerprint density at radius 2 is 1.84 bits per heavy atom. The van der Waals surface area contributed by atoms with Crippen LogP contribution in [-0.2, 0) is 13.0 Å². The molecule has 0 aliphatic carbocycles. The van der Waals surface area contributed by atoms with Gasteiger partial charge in [-0.05, 0) is 56.9 Å². The lowest BCUT2D eigenvalue weighted by Crippen LogP contribution is -2.36. The van der Waals surface area contributed by atoms with Gasteiger partial charge in [0.05, 0.1) is 6.54 Å². The van der Waals surface area contributed by atoms with Crippen molar-refractivity contribution in [2.24, 2.45) is 11.8 Å². The number of aliphatic hydroxyl groups excluding tert-OH is 1. The molecule has 2 aliphatic heterocycles. The maximum absolute atomic E-state index is 9.84. The van der Waals surface area contributed by atoms with E-state index in [1.807, 2.05) is 0 Å². The zero-order valence-corrected chi connectivity index (χ0v) is 16.0. The van der Waals surface area contributed by atoms with Gasteiger partial charge in [-0.1, -0.05) is 6.92 Å². The molecule has 3 heterocycles. The summed E-state index contributed by atoms with van der Waals surface area (Å²) in [5.41, 5.74) is 0. The summed E-state index contributed by atoms with van der Waals surface area (Å²) in [6.45, 7) is 11.2. The SMILES string of the molecule is CCCc1ccc(CN2C[C@@H](CN3CCCN(C)CC3)[C@@H](CO)C2)o1. The summed E-state index contributed by atoms with van der Waals surface area (Å²) < 4.78 is 5.95. The Kier molecular flexibility index (Phi) is 6.93. The number of rotatable bonds is 7. The van der Waals surface area contributed by atoms with Gasteiger partial charge in [0.15, 0.2) is 0 Å². The maximum atomic E-state index is 9.84. The van der Waals surface area contributed by atoms with E-state index in [1.54, 1.807) is 0 Å². The molecule has 2 aliphatic rings. The predicted octanol–water partition coefficient (Wildman–Crippen LogP) is 1.91. The number of likely N-dealkylation sites (N-methyl/N-ethyl adjacent to an activating group) is 1. The van der Waals surface area contributed by atoms with Crippen molar-refractivity contribution in [3.05, 3.63) is 23.7 Å². The van der Waals surface area contributed by atoms with E-state index in [9.17, 15) is 5.11 Å². The quantitative estimate of drug-likeness (QED) is 0.815. The largest absolute Gasteiger partial charge is 0.465 e. The van der Waals surface area contributed by atoms with Gasteiger partial charge >= 0.3 is 0 Å². The molecule has 1 N–H and O–H groups in total. The van der Waals surface area contributed by atoms with Crippen molar-refractivity contribution in [2.45, 2.75) is 32.7 Å². The molecule has 2 atom stereocenters. The lowest BCUT2D eigenvalue weighted by atomic mass is 9.96. The fourth-order valence-electron chi connectivity index (χ4n) is 4.30. The number of hydrogen-bond acceptors (Lipinski definition) is 5. The third kappa shape index (κ3) is 5.30. The predicted molar refractivity (Wildman–Crippen MR) is 101 cm³/mol. The van der Waals surface area contributed by atoms with Gasteiger partial charge in [0, 0.05) is 45.8 Å². The molecule has 5 nitrogen and oxygen atoms in total. The van der Waals surface area contributed by atoms with Crippen molar-refractivity contribution in [1.82, 2.24) is 14.7 Å². The van der Waals surface area contributed by atoms with E-state index < -0.39 is 0 Å². The van der Waals surface area contributed by atoms with Crippen molar-refractivity contribution < 1.29 is 9.52 Å². The van der Waals surface area contributed by atoms with Crippen LogP contribution in [0.3, 0.4) is 0 Å². The smallest absolute Gasteiger partial charge is 0.118 e. The lowest BCUT2D eigenvalue weighted by Gasteiger charge is -2.26. The number of aliphatic hydroxyl groups is 1. The van der Waals surface area contributed by atoms with Gasteiger partial charge in [0.25, 0.3) is 0 Å². The summed E-state index contributed by atoms with van der Waals surface area (Å²) in [6, 6.07) is 4.24. The number of nitrogens with zero attached hydrogens (tertiary/aromatic N) is 3. The zero-order chi connectivity index (χ0) is 17.6. The molecule has 1 aromatic heterocycles. The molecule has 0 amide bonds. The minimum Gasteiger partial charge on any atom is -0.465 e.